The smallest absolute Gasteiger partial charge is 0.322 e. The molecule has 7 heteroatoms. The van der Waals surface area contributed by atoms with Gasteiger partial charge in [-0.15, -0.1) is 0 Å². The summed E-state index contributed by atoms with van der Waals surface area (Å²) in [7, 11) is -1.87. The largest absolute Gasteiger partial charge is 0.480 e. The molecule has 0 amide bonds. The van der Waals surface area contributed by atoms with Crippen LogP contribution < -0.4 is 0 Å². The van der Waals surface area contributed by atoms with E-state index in [-0.39, 0.29) is 18.1 Å². The van der Waals surface area contributed by atoms with Crippen molar-refractivity contribution in [1.82, 2.24) is 4.31 Å². The summed E-state index contributed by atoms with van der Waals surface area (Å²) in [5.41, 5.74) is 0. The Bertz CT molecular complexity index is 367. The number of sulfonamides is 1. The first kappa shape index (κ1) is 14.4. The second kappa shape index (κ2) is 5.79. The van der Waals surface area contributed by atoms with E-state index in [0.717, 1.165) is 4.31 Å². The second-order valence-electron chi connectivity index (χ2n) is 4.44. The van der Waals surface area contributed by atoms with E-state index in [2.05, 4.69) is 0 Å². The van der Waals surface area contributed by atoms with Crippen LogP contribution in [0.1, 0.15) is 19.8 Å². The van der Waals surface area contributed by atoms with E-state index in [0.29, 0.717) is 19.6 Å². The van der Waals surface area contributed by atoms with E-state index < -0.39 is 22.0 Å². The van der Waals surface area contributed by atoms with Crippen molar-refractivity contribution in [2.75, 3.05) is 26.0 Å². The maximum Gasteiger partial charge on any atom is 0.322 e. The van der Waals surface area contributed by atoms with E-state index in [1.165, 1.54) is 7.11 Å². The minimum atomic E-state index is -3.41. The molecule has 1 heterocycles. The minimum Gasteiger partial charge on any atom is -0.480 e. The van der Waals surface area contributed by atoms with Gasteiger partial charge in [0.05, 0.1) is 5.75 Å². The maximum absolute atomic E-state index is 11.8. The Kier molecular flexibility index (Phi) is 4.91. The summed E-state index contributed by atoms with van der Waals surface area (Å²) >= 11 is 0. The first-order valence-corrected chi connectivity index (χ1v) is 7.20. The maximum atomic E-state index is 11.8. The summed E-state index contributed by atoms with van der Waals surface area (Å²) in [5.74, 6) is -1.05. The van der Waals surface area contributed by atoms with E-state index in [1.54, 1.807) is 0 Å². The van der Waals surface area contributed by atoms with Crippen LogP contribution in [0.15, 0.2) is 0 Å². The molecule has 2 atom stereocenters. The van der Waals surface area contributed by atoms with Crippen LogP contribution in [0, 0.1) is 5.92 Å². The van der Waals surface area contributed by atoms with Crippen LogP contribution in [-0.4, -0.2) is 55.9 Å². The zero-order valence-electron chi connectivity index (χ0n) is 10.1. The molecule has 1 saturated heterocycles. The molecule has 0 bridgehead atoms. The predicted molar refractivity (Wildman–Crippen MR) is 62.2 cm³/mol. The van der Waals surface area contributed by atoms with Crippen LogP contribution >= 0.6 is 0 Å². The number of hydrogen-bond acceptors (Lipinski definition) is 4. The number of ether oxygens (including phenoxy) is 1. The molecule has 1 aliphatic heterocycles. The SMILES string of the molecule is COCCCC(C(=O)O)N1CC(C)CS1(=O)=O. The Morgan fingerprint density at radius 3 is 2.65 bits per heavy atom. The fourth-order valence-electron chi connectivity index (χ4n) is 2.06. The van der Waals surface area contributed by atoms with Gasteiger partial charge in [-0.3, -0.25) is 4.79 Å². The number of methoxy groups -OCH3 is 1. The molecular weight excluding hydrogens is 246 g/mol. The number of rotatable bonds is 6. The number of aliphatic carboxylic acids is 1. The molecule has 1 N–H and O–H groups in total. The first-order chi connectivity index (χ1) is 7.88. The molecule has 1 rings (SSSR count). The highest BCUT2D eigenvalue weighted by Gasteiger charge is 2.41. The number of carbonyl (C=O) groups is 1. The summed E-state index contributed by atoms with van der Waals surface area (Å²) in [6.07, 6.45) is 0.822. The fourth-order valence-corrected chi connectivity index (χ4v) is 4.14. The Morgan fingerprint density at radius 2 is 2.24 bits per heavy atom. The summed E-state index contributed by atoms with van der Waals surface area (Å²) in [5, 5.41) is 9.10. The molecule has 0 aromatic heterocycles. The van der Waals surface area contributed by atoms with Crippen LogP contribution in [0.3, 0.4) is 0 Å². The van der Waals surface area contributed by atoms with Crippen LogP contribution in [0.25, 0.3) is 0 Å². The van der Waals surface area contributed by atoms with Crippen molar-refractivity contribution < 1.29 is 23.1 Å². The Labute approximate surface area is 102 Å². The van der Waals surface area contributed by atoms with Crippen molar-refractivity contribution in [2.24, 2.45) is 5.92 Å². The normalized spacial score (nSPS) is 25.9. The van der Waals surface area contributed by atoms with Crippen LogP contribution in [-0.2, 0) is 19.6 Å². The van der Waals surface area contributed by atoms with Gasteiger partial charge in [0.1, 0.15) is 6.04 Å². The Hall–Kier alpha value is -0.660. The van der Waals surface area contributed by atoms with E-state index in [9.17, 15) is 13.2 Å². The summed E-state index contributed by atoms with van der Waals surface area (Å²) in [6.45, 7) is 2.55. The highest BCUT2D eigenvalue weighted by molar-refractivity contribution is 7.89. The molecule has 2 unspecified atom stereocenters. The van der Waals surface area contributed by atoms with Gasteiger partial charge >= 0.3 is 5.97 Å². The van der Waals surface area contributed by atoms with Gasteiger partial charge in [-0.25, -0.2) is 8.42 Å². The van der Waals surface area contributed by atoms with Crippen molar-refractivity contribution in [1.29, 1.82) is 0 Å². The van der Waals surface area contributed by atoms with Crippen molar-refractivity contribution in [3.8, 4) is 0 Å². The molecule has 0 aliphatic carbocycles. The average molecular weight is 265 g/mol. The molecule has 6 nitrogen and oxygen atoms in total. The molecule has 0 radical (unpaired) electrons. The highest BCUT2D eigenvalue weighted by Crippen LogP contribution is 2.24. The van der Waals surface area contributed by atoms with Gasteiger partial charge in [0, 0.05) is 20.3 Å². The van der Waals surface area contributed by atoms with Gasteiger partial charge in [0.25, 0.3) is 0 Å². The van der Waals surface area contributed by atoms with Gasteiger partial charge < -0.3 is 9.84 Å². The van der Waals surface area contributed by atoms with E-state index >= 15 is 0 Å². The number of nitrogens with zero attached hydrogens (tertiary/aromatic N) is 1. The second-order valence-corrected chi connectivity index (χ2v) is 6.41. The van der Waals surface area contributed by atoms with Gasteiger partial charge in [-0.2, -0.15) is 4.31 Å². The highest BCUT2D eigenvalue weighted by atomic mass is 32.2. The molecule has 100 valence electrons. The van der Waals surface area contributed by atoms with Crippen LogP contribution in [0.5, 0.6) is 0 Å². The number of carboxylic acid groups (broad SMARTS) is 1. The minimum absolute atomic E-state index is 0.00993. The Morgan fingerprint density at radius 1 is 1.59 bits per heavy atom. The van der Waals surface area contributed by atoms with Gasteiger partial charge in [0.2, 0.25) is 10.0 Å². The van der Waals surface area contributed by atoms with Crippen molar-refractivity contribution in [3.63, 3.8) is 0 Å². The fraction of sp³-hybridized carbons (Fsp3) is 0.900. The van der Waals surface area contributed by atoms with Crippen molar-refractivity contribution in [3.05, 3.63) is 0 Å². The third kappa shape index (κ3) is 3.65. The van der Waals surface area contributed by atoms with Crippen LogP contribution in [0.2, 0.25) is 0 Å². The summed E-state index contributed by atoms with van der Waals surface area (Å²) in [4.78, 5) is 11.1. The molecule has 0 aromatic carbocycles. The quantitative estimate of drug-likeness (QED) is 0.691. The topological polar surface area (TPSA) is 83.9 Å². The lowest BCUT2D eigenvalue weighted by atomic mass is 10.1. The zero-order chi connectivity index (χ0) is 13.1. The third-order valence-electron chi connectivity index (χ3n) is 2.80. The van der Waals surface area contributed by atoms with Gasteiger partial charge in [-0.05, 0) is 18.8 Å². The Balaban J connectivity index is 2.74. The summed E-state index contributed by atoms with van der Waals surface area (Å²) in [6, 6.07) is -0.958. The molecule has 0 saturated carbocycles. The number of carboxylic acids is 1. The monoisotopic (exact) mass is 265 g/mol. The van der Waals surface area contributed by atoms with Crippen molar-refractivity contribution in [2.45, 2.75) is 25.8 Å². The number of hydrogen-bond donors (Lipinski definition) is 1. The molecule has 0 spiro atoms. The van der Waals surface area contributed by atoms with E-state index in [4.69, 9.17) is 9.84 Å². The molecule has 0 aromatic rings. The first-order valence-electron chi connectivity index (χ1n) is 5.59. The van der Waals surface area contributed by atoms with Crippen molar-refractivity contribution >= 4 is 16.0 Å². The third-order valence-corrected chi connectivity index (χ3v) is 4.91. The molecule has 1 aliphatic rings. The molecular formula is C10H19NO5S. The standard InChI is InChI=1S/C10H19NO5S/c1-8-6-11(17(14,15)7-8)9(10(12)13)4-3-5-16-2/h8-9H,3-7H2,1-2H3,(H,12,13). The van der Waals surface area contributed by atoms with E-state index in [1.807, 2.05) is 6.92 Å². The molecule has 1 fully saturated rings. The lowest BCUT2D eigenvalue weighted by molar-refractivity contribution is -0.141. The van der Waals surface area contributed by atoms with Crippen LogP contribution in [0.4, 0.5) is 0 Å². The lowest BCUT2D eigenvalue weighted by Crippen LogP contribution is -2.42. The predicted octanol–water partition coefficient (Wildman–Crippen LogP) is 0.148. The molecule has 17 heavy (non-hydrogen) atoms. The van der Waals surface area contributed by atoms with Gasteiger partial charge in [-0.1, -0.05) is 6.92 Å². The van der Waals surface area contributed by atoms with Gasteiger partial charge in [0.15, 0.2) is 0 Å². The summed E-state index contributed by atoms with van der Waals surface area (Å²) < 4.78 is 29.5. The zero-order valence-corrected chi connectivity index (χ0v) is 10.9. The lowest BCUT2D eigenvalue weighted by Gasteiger charge is -2.22. The average Bonchev–Trinajstić information content (AvgIpc) is 2.46.